The van der Waals surface area contributed by atoms with Gasteiger partial charge in [-0.05, 0) is 49.7 Å². The van der Waals surface area contributed by atoms with Crippen LogP contribution in [0.25, 0.3) is 11.1 Å². The zero-order valence-electron chi connectivity index (χ0n) is 18.2. The van der Waals surface area contributed by atoms with Crippen molar-refractivity contribution in [3.63, 3.8) is 0 Å². The van der Waals surface area contributed by atoms with Crippen molar-refractivity contribution in [2.24, 2.45) is 0 Å². The van der Waals surface area contributed by atoms with Crippen LogP contribution in [0, 0.1) is 0 Å². The minimum atomic E-state index is -4.08. The molecule has 0 radical (unpaired) electrons. The molecule has 3 aliphatic rings. The summed E-state index contributed by atoms with van der Waals surface area (Å²) < 4.78 is 34.6. The number of carbonyl (C=O) groups excluding carboxylic acids is 1. The Labute approximate surface area is 193 Å². The van der Waals surface area contributed by atoms with E-state index in [1.54, 1.807) is 24.5 Å². The van der Waals surface area contributed by atoms with Gasteiger partial charge in [0.05, 0.1) is 12.7 Å². The van der Waals surface area contributed by atoms with E-state index in [0.717, 1.165) is 41.4 Å². The SMILES string of the molecule is O=C1NC2(CCNCC2)CCOc2cc(-c3cccnc3)ccc2S(=O)(=O)N2C[C@H](O)C[C@@H]12. The maximum absolute atomic E-state index is 13.7. The molecule has 1 amide bonds. The van der Waals surface area contributed by atoms with Gasteiger partial charge in [-0.25, -0.2) is 8.42 Å². The molecule has 2 aromatic rings. The number of benzene rings is 1. The molecule has 1 aromatic heterocycles. The lowest BCUT2D eigenvalue weighted by Gasteiger charge is -2.39. The predicted molar refractivity (Wildman–Crippen MR) is 121 cm³/mol. The van der Waals surface area contributed by atoms with Crippen LogP contribution in [-0.2, 0) is 14.8 Å². The van der Waals surface area contributed by atoms with Crippen LogP contribution in [0.3, 0.4) is 0 Å². The zero-order chi connectivity index (χ0) is 23.1. The fraction of sp³-hybridized carbons (Fsp3) is 0.478. The third kappa shape index (κ3) is 4.23. The first-order valence-electron chi connectivity index (χ1n) is 11.3. The minimum Gasteiger partial charge on any atom is -0.492 e. The van der Waals surface area contributed by atoms with Crippen molar-refractivity contribution >= 4 is 15.9 Å². The predicted octanol–water partition coefficient (Wildman–Crippen LogP) is 0.893. The van der Waals surface area contributed by atoms with Gasteiger partial charge in [0.2, 0.25) is 15.9 Å². The highest BCUT2D eigenvalue weighted by Crippen LogP contribution is 2.36. The Morgan fingerprint density at radius 1 is 1.15 bits per heavy atom. The van der Waals surface area contributed by atoms with Gasteiger partial charge in [0.25, 0.3) is 0 Å². The molecule has 3 aliphatic heterocycles. The first-order chi connectivity index (χ1) is 15.9. The molecule has 4 heterocycles. The van der Waals surface area contributed by atoms with Gasteiger partial charge in [-0.1, -0.05) is 12.1 Å². The Kier molecular flexibility index (Phi) is 5.86. The van der Waals surface area contributed by atoms with E-state index in [1.165, 1.54) is 6.07 Å². The smallest absolute Gasteiger partial charge is 0.247 e. The van der Waals surface area contributed by atoms with Gasteiger partial charge in [-0.15, -0.1) is 0 Å². The molecule has 5 rings (SSSR count). The summed E-state index contributed by atoms with van der Waals surface area (Å²) in [7, 11) is -4.08. The van der Waals surface area contributed by atoms with Gasteiger partial charge in [0.15, 0.2) is 0 Å². The molecule has 2 atom stereocenters. The first kappa shape index (κ1) is 22.3. The molecule has 33 heavy (non-hydrogen) atoms. The molecule has 1 aromatic carbocycles. The average molecular weight is 473 g/mol. The number of nitrogens with one attached hydrogen (secondary N) is 2. The summed E-state index contributed by atoms with van der Waals surface area (Å²) in [5, 5.41) is 16.7. The number of rotatable bonds is 1. The van der Waals surface area contributed by atoms with Gasteiger partial charge < -0.3 is 20.5 Å². The number of hydrogen-bond acceptors (Lipinski definition) is 7. The first-order valence-corrected chi connectivity index (χ1v) is 12.7. The minimum absolute atomic E-state index is 0.00306. The molecule has 10 heteroatoms. The lowest BCUT2D eigenvalue weighted by Crippen LogP contribution is -2.58. The van der Waals surface area contributed by atoms with E-state index in [-0.39, 0.29) is 36.1 Å². The number of nitrogens with zero attached hydrogens (tertiary/aromatic N) is 2. The largest absolute Gasteiger partial charge is 0.492 e. The number of aliphatic hydroxyl groups is 1. The summed E-state index contributed by atoms with van der Waals surface area (Å²) in [6.45, 7) is 1.67. The summed E-state index contributed by atoms with van der Waals surface area (Å²) in [4.78, 5) is 17.4. The van der Waals surface area contributed by atoms with E-state index < -0.39 is 27.7 Å². The molecule has 3 N–H and O–H groups in total. The Bertz CT molecular complexity index is 1130. The monoisotopic (exact) mass is 472 g/mol. The fourth-order valence-corrected chi connectivity index (χ4v) is 6.76. The maximum Gasteiger partial charge on any atom is 0.247 e. The second-order valence-electron chi connectivity index (χ2n) is 9.00. The molecule has 0 unspecified atom stereocenters. The maximum atomic E-state index is 13.7. The van der Waals surface area contributed by atoms with Crippen molar-refractivity contribution in [2.45, 2.75) is 48.3 Å². The second-order valence-corrected chi connectivity index (χ2v) is 10.9. The molecule has 0 aliphatic carbocycles. The highest BCUT2D eigenvalue weighted by Gasteiger charge is 2.47. The molecular formula is C23H28N4O5S. The number of hydrogen-bond donors (Lipinski definition) is 3. The Hall–Kier alpha value is -2.53. The van der Waals surface area contributed by atoms with E-state index in [1.807, 2.05) is 12.1 Å². The van der Waals surface area contributed by atoms with Gasteiger partial charge in [-0.3, -0.25) is 9.78 Å². The van der Waals surface area contributed by atoms with Crippen LogP contribution in [0.4, 0.5) is 0 Å². The van der Waals surface area contributed by atoms with E-state index >= 15 is 0 Å². The van der Waals surface area contributed by atoms with Crippen LogP contribution in [0.15, 0.2) is 47.6 Å². The van der Waals surface area contributed by atoms with Gasteiger partial charge in [0, 0.05) is 42.9 Å². The highest BCUT2D eigenvalue weighted by atomic mass is 32.2. The van der Waals surface area contributed by atoms with Crippen LogP contribution < -0.4 is 15.4 Å². The van der Waals surface area contributed by atoms with Crippen molar-refractivity contribution in [2.75, 3.05) is 26.2 Å². The normalized spacial score (nSPS) is 27.0. The topological polar surface area (TPSA) is 121 Å². The lowest BCUT2D eigenvalue weighted by atomic mass is 9.85. The van der Waals surface area contributed by atoms with Crippen molar-refractivity contribution in [3.05, 3.63) is 42.7 Å². The van der Waals surface area contributed by atoms with Gasteiger partial charge in [-0.2, -0.15) is 4.31 Å². The van der Waals surface area contributed by atoms with Crippen LogP contribution in [0.2, 0.25) is 0 Å². The van der Waals surface area contributed by atoms with Crippen molar-refractivity contribution in [1.29, 1.82) is 0 Å². The van der Waals surface area contributed by atoms with Crippen molar-refractivity contribution in [3.8, 4) is 16.9 Å². The molecule has 0 bridgehead atoms. The quantitative estimate of drug-likeness (QED) is 0.564. The highest BCUT2D eigenvalue weighted by molar-refractivity contribution is 7.89. The number of ether oxygens (including phenoxy) is 1. The fourth-order valence-electron chi connectivity index (χ4n) is 5.01. The summed E-state index contributed by atoms with van der Waals surface area (Å²) in [6.07, 6.45) is 4.58. The Balaban J connectivity index is 1.59. The van der Waals surface area contributed by atoms with E-state index in [2.05, 4.69) is 15.6 Å². The van der Waals surface area contributed by atoms with Crippen LogP contribution in [-0.4, -0.2) is 72.6 Å². The molecule has 2 fully saturated rings. The standard InChI is InChI=1S/C23H28N4O5S/c28-18-13-19-22(29)26-23(5-9-24-10-6-23)7-11-32-20-12-16(17-2-1-8-25-14-17)3-4-21(20)33(30,31)27(19)15-18/h1-4,8,12,14,18-19,24,28H,5-7,9-11,13,15H2,(H,26,29)/t18-,19+/m1/s1. The van der Waals surface area contributed by atoms with Crippen LogP contribution in [0.5, 0.6) is 5.75 Å². The van der Waals surface area contributed by atoms with Crippen molar-refractivity contribution in [1.82, 2.24) is 19.9 Å². The van der Waals surface area contributed by atoms with Gasteiger partial charge in [0.1, 0.15) is 16.7 Å². The number of pyridine rings is 1. The molecular weight excluding hydrogens is 444 g/mol. The average Bonchev–Trinajstić information content (AvgIpc) is 3.22. The third-order valence-electron chi connectivity index (χ3n) is 6.85. The number of aliphatic hydroxyl groups excluding tert-OH is 1. The van der Waals surface area contributed by atoms with Crippen LogP contribution in [0.1, 0.15) is 25.7 Å². The lowest BCUT2D eigenvalue weighted by molar-refractivity contribution is -0.126. The number of carbonyl (C=O) groups is 1. The molecule has 0 saturated carbocycles. The summed E-state index contributed by atoms with van der Waals surface area (Å²) in [5.41, 5.74) is 1.16. The van der Waals surface area contributed by atoms with Crippen molar-refractivity contribution < 1.29 is 23.1 Å². The molecule has 2 saturated heterocycles. The van der Waals surface area contributed by atoms with E-state index in [9.17, 15) is 18.3 Å². The summed E-state index contributed by atoms with van der Waals surface area (Å²) in [5.74, 6) is -0.109. The number of piperidine rings is 1. The number of aromatic nitrogens is 1. The second kappa shape index (κ2) is 8.68. The zero-order valence-corrected chi connectivity index (χ0v) is 19.1. The number of sulfonamides is 1. The number of fused-ring (bicyclic) bond motifs is 2. The molecule has 176 valence electrons. The Morgan fingerprint density at radius 3 is 2.73 bits per heavy atom. The van der Waals surface area contributed by atoms with E-state index in [4.69, 9.17) is 4.74 Å². The Morgan fingerprint density at radius 2 is 1.97 bits per heavy atom. The van der Waals surface area contributed by atoms with Gasteiger partial charge >= 0.3 is 0 Å². The molecule has 9 nitrogen and oxygen atoms in total. The van der Waals surface area contributed by atoms with E-state index in [0.29, 0.717) is 6.42 Å². The number of amides is 1. The summed E-state index contributed by atoms with van der Waals surface area (Å²) in [6, 6.07) is 7.71. The summed E-state index contributed by atoms with van der Waals surface area (Å²) >= 11 is 0. The molecule has 1 spiro atoms. The van der Waals surface area contributed by atoms with Crippen LogP contribution >= 0.6 is 0 Å². The third-order valence-corrected chi connectivity index (χ3v) is 8.76.